The van der Waals surface area contributed by atoms with Crippen molar-refractivity contribution >= 4 is 28.7 Å². The number of hydrogen-bond acceptors (Lipinski definition) is 5. The average Bonchev–Trinajstić information content (AvgIpc) is 3.03. The van der Waals surface area contributed by atoms with E-state index in [1.807, 2.05) is 4.57 Å². The maximum Gasteiger partial charge on any atom is 0.202 e. The lowest BCUT2D eigenvalue weighted by atomic mass is 10.2. The summed E-state index contributed by atoms with van der Waals surface area (Å²) in [5, 5.41) is 0.570. The standard InChI is InChI=1S/C14H18ClN5O/c15-9-4-12-13(17-5-9)20(14(16)18-12)7-11-6-19-3-1-2-10(19)8-21-11/h4-5,10-11H,1-3,6-8H2,(H2,16,18). The zero-order valence-electron chi connectivity index (χ0n) is 11.7. The van der Waals surface area contributed by atoms with Gasteiger partial charge in [-0.3, -0.25) is 9.47 Å². The molecule has 2 saturated heterocycles. The number of aromatic nitrogens is 3. The van der Waals surface area contributed by atoms with Gasteiger partial charge >= 0.3 is 0 Å². The fraction of sp³-hybridized carbons (Fsp3) is 0.571. The third-order valence-corrected chi connectivity index (χ3v) is 4.64. The van der Waals surface area contributed by atoms with Crippen molar-refractivity contribution in [2.75, 3.05) is 25.4 Å². The second-order valence-corrected chi connectivity index (χ2v) is 6.26. The van der Waals surface area contributed by atoms with Crippen LogP contribution in [0.25, 0.3) is 11.2 Å². The van der Waals surface area contributed by atoms with Gasteiger partial charge in [0.15, 0.2) is 5.65 Å². The van der Waals surface area contributed by atoms with Crippen LogP contribution in [-0.2, 0) is 11.3 Å². The summed E-state index contributed by atoms with van der Waals surface area (Å²) < 4.78 is 7.92. The molecule has 6 nitrogen and oxygen atoms in total. The van der Waals surface area contributed by atoms with Gasteiger partial charge in [0.25, 0.3) is 0 Å². The van der Waals surface area contributed by atoms with Crippen LogP contribution in [0.1, 0.15) is 12.8 Å². The Labute approximate surface area is 127 Å². The Balaban J connectivity index is 1.58. The second-order valence-electron chi connectivity index (χ2n) is 5.82. The van der Waals surface area contributed by atoms with E-state index in [0.29, 0.717) is 23.6 Å². The Morgan fingerprint density at radius 2 is 2.38 bits per heavy atom. The van der Waals surface area contributed by atoms with Crippen molar-refractivity contribution in [2.45, 2.75) is 31.5 Å². The molecule has 2 aromatic rings. The first-order valence-electron chi connectivity index (χ1n) is 7.33. The Morgan fingerprint density at radius 3 is 3.29 bits per heavy atom. The Bertz CT molecular complexity index is 673. The molecule has 112 valence electrons. The predicted octanol–water partition coefficient (Wildman–Crippen LogP) is 1.53. The van der Waals surface area contributed by atoms with Crippen molar-refractivity contribution in [1.29, 1.82) is 0 Å². The number of anilines is 1. The topological polar surface area (TPSA) is 69.2 Å². The van der Waals surface area contributed by atoms with Crippen molar-refractivity contribution in [2.24, 2.45) is 0 Å². The summed E-state index contributed by atoms with van der Waals surface area (Å²) in [6, 6.07) is 2.39. The number of morpholine rings is 1. The number of fused-ring (bicyclic) bond motifs is 2. The molecule has 2 atom stereocenters. The maximum atomic E-state index is 6.03. The lowest BCUT2D eigenvalue weighted by Gasteiger charge is -2.35. The van der Waals surface area contributed by atoms with Gasteiger partial charge in [0.05, 0.1) is 24.3 Å². The Kier molecular flexibility index (Phi) is 3.24. The fourth-order valence-corrected chi connectivity index (χ4v) is 3.54. The number of imidazole rings is 1. The number of nitrogens with two attached hydrogens (primary N) is 1. The molecule has 21 heavy (non-hydrogen) atoms. The number of nitrogen functional groups attached to an aromatic ring is 1. The number of nitrogens with zero attached hydrogens (tertiary/aromatic N) is 4. The highest BCUT2D eigenvalue weighted by Gasteiger charge is 2.32. The molecule has 2 aromatic heterocycles. The minimum atomic E-state index is 0.136. The summed E-state index contributed by atoms with van der Waals surface area (Å²) in [7, 11) is 0. The molecule has 0 amide bonds. The predicted molar refractivity (Wildman–Crippen MR) is 81.3 cm³/mol. The highest BCUT2D eigenvalue weighted by atomic mass is 35.5. The lowest BCUT2D eigenvalue weighted by Crippen LogP contribution is -2.47. The van der Waals surface area contributed by atoms with Crippen LogP contribution in [0.2, 0.25) is 5.02 Å². The largest absolute Gasteiger partial charge is 0.373 e. The van der Waals surface area contributed by atoms with E-state index in [1.165, 1.54) is 19.4 Å². The maximum absolute atomic E-state index is 6.03. The number of hydrogen-bond donors (Lipinski definition) is 1. The molecule has 4 heterocycles. The van der Waals surface area contributed by atoms with E-state index < -0.39 is 0 Å². The zero-order valence-corrected chi connectivity index (χ0v) is 12.5. The van der Waals surface area contributed by atoms with Crippen LogP contribution in [0.4, 0.5) is 5.95 Å². The molecule has 0 radical (unpaired) electrons. The molecule has 0 saturated carbocycles. The van der Waals surface area contributed by atoms with Crippen LogP contribution in [0.5, 0.6) is 0 Å². The number of pyridine rings is 1. The first-order chi connectivity index (χ1) is 10.2. The van der Waals surface area contributed by atoms with Crippen molar-refractivity contribution in [1.82, 2.24) is 19.4 Å². The fourth-order valence-electron chi connectivity index (χ4n) is 3.38. The third-order valence-electron chi connectivity index (χ3n) is 4.43. The van der Waals surface area contributed by atoms with E-state index >= 15 is 0 Å². The molecule has 2 aliphatic rings. The van der Waals surface area contributed by atoms with Gasteiger partial charge in [-0.15, -0.1) is 0 Å². The van der Waals surface area contributed by atoms with Crippen molar-refractivity contribution in [3.05, 3.63) is 17.3 Å². The van der Waals surface area contributed by atoms with Crippen molar-refractivity contribution in [3.63, 3.8) is 0 Å². The lowest BCUT2D eigenvalue weighted by molar-refractivity contribution is -0.0545. The molecule has 2 N–H and O–H groups in total. The van der Waals surface area contributed by atoms with Gasteiger partial charge in [-0.1, -0.05) is 11.6 Å². The molecular formula is C14H18ClN5O. The van der Waals surface area contributed by atoms with E-state index in [1.54, 1.807) is 12.3 Å². The van der Waals surface area contributed by atoms with Crippen LogP contribution >= 0.6 is 11.6 Å². The summed E-state index contributed by atoms with van der Waals surface area (Å²) in [6.45, 7) is 3.63. The summed E-state index contributed by atoms with van der Waals surface area (Å²) in [5.41, 5.74) is 7.53. The molecule has 2 aliphatic heterocycles. The molecule has 2 unspecified atom stereocenters. The van der Waals surface area contributed by atoms with E-state index in [2.05, 4.69) is 14.9 Å². The van der Waals surface area contributed by atoms with Gasteiger partial charge in [-0.25, -0.2) is 9.97 Å². The van der Waals surface area contributed by atoms with Crippen molar-refractivity contribution in [3.8, 4) is 0 Å². The van der Waals surface area contributed by atoms with Crippen LogP contribution < -0.4 is 5.73 Å². The molecule has 4 rings (SSSR count). The molecular weight excluding hydrogens is 290 g/mol. The van der Waals surface area contributed by atoms with E-state index in [0.717, 1.165) is 24.3 Å². The average molecular weight is 308 g/mol. The van der Waals surface area contributed by atoms with Crippen LogP contribution in [0.15, 0.2) is 12.3 Å². The van der Waals surface area contributed by atoms with Crippen molar-refractivity contribution < 1.29 is 4.74 Å². The van der Waals surface area contributed by atoms with Gasteiger partial charge in [-0.05, 0) is 25.5 Å². The number of rotatable bonds is 2. The first kappa shape index (κ1) is 13.3. The Morgan fingerprint density at radius 1 is 1.48 bits per heavy atom. The van der Waals surface area contributed by atoms with Crippen LogP contribution in [0.3, 0.4) is 0 Å². The quantitative estimate of drug-likeness (QED) is 0.911. The number of ether oxygens (including phenoxy) is 1. The summed E-state index contributed by atoms with van der Waals surface area (Å²) in [4.78, 5) is 11.2. The van der Waals surface area contributed by atoms with E-state index in [9.17, 15) is 0 Å². The zero-order chi connectivity index (χ0) is 14.4. The minimum Gasteiger partial charge on any atom is -0.373 e. The molecule has 0 aromatic carbocycles. The van der Waals surface area contributed by atoms with Crippen LogP contribution in [0, 0.1) is 0 Å². The van der Waals surface area contributed by atoms with E-state index in [-0.39, 0.29) is 6.10 Å². The molecule has 0 bridgehead atoms. The monoisotopic (exact) mass is 307 g/mol. The normalized spacial score (nSPS) is 26.3. The summed E-state index contributed by atoms with van der Waals surface area (Å²) >= 11 is 5.95. The summed E-state index contributed by atoms with van der Waals surface area (Å²) in [6.07, 6.45) is 4.29. The molecule has 2 fully saturated rings. The van der Waals surface area contributed by atoms with Gasteiger partial charge in [0.1, 0.15) is 5.52 Å². The smallest absolute Gasteiger partial charge is 0.202 e. The first-order valence-corrected chi connectivity index (χ1v) is 7.71. The summed E-state index contributed by atoms with van der Waals surface area (Å²) in [5.74, 6) is 0.465. The third kappa shape index (κ3) is 2.37. The Hall–Kier alpha value is -1.37. The molecule has 7 heteroatoms. The van der Waals surface area contributed by atoms with Gasteiger partial charge < -0.3 is 10.5 Å². The van der Waals surface area contributed by atoms with Gasteiger partial charge in [0.2, 0.25) is 5.95 Å². The van der Waals surface area contributed by atoms with E-state index in [4.69, 9.17) is 22.1 Å². The highest BCUT2D eigenvalue weighted by Crippen LogP contribution is 2.25. The number of halogens is 1. The minimum absolute atomic E-state index is 0.136. The second kappa shape index (κ2) is 5.12. The SMILES string of the molecule is Nc1nc2cc(Cl)cnc2n1CC1CN2CCCC2CO1. The van der Waals surface area contributed by atoms with Gasteiger partial charge in [-0.2, -0.15) is 0 Å². The molecule has 0 spiro atoms. The van der Waals surface area contributed by atoms with Crippen LogP contribution in [-0.4, -0.2) is 51.3 Å². The van der Waals surface area contributed by atoms with Gasteiger partial charge in [0, 0.05) is 18.8 Å². The molecule has 0 aliphatic carbocycles. The highest BCUT2D eigenvalue weighted by molar-refractivity contribution is 6.31.